The van der Waals surface area contributed by atoms with E-state index in [-0.39, 0.29) is 23.7 Å². The highest BCUT2D eigenvalue weighted by molar-refractivity contribution is 6.07. The SMILES string of the molecule is CCOC(=O)CC(=O)c1cccc(OC)c1O. The molecule has 0 aliphatic carbocycles. The Kier molecular flexibility index (Phi) is 4.51. The van der Waals surface area contributed by atoms with Crippen LogP contribution in [0.1, 0.15) is 23.7 Å². The van der Waals surface area contributed by atoms with Gasteiger partial charge in [0, 0.05) is 0 Å². The Hall–Kier alpha value is -2.04. The second-order valence-electron chi connectivity index (χ2n) is 3.26. The monoisotopic (exact) mass is 238 g/mol. The summed E-state index contributed by atoms with van der Waals surface area (Å²) in [4.78, 5) is 22.8. The molecular weight excluding hydrogens is 224 g/mol. The summed E-state index contributed by atoms with van der Waals surface area (Å²) in [5, 5.41) is 9.70. The molecule has 92 valence electrons. The molecule has 1 N–H and O–H groups in total. The summed E-state index contributed by atoms with van der Waals surface area (Å²) >= 11 is 0. The van der Waals surface area contributed by atoms with E-state index in [1.807, 2.05) is 0 Å². The Bertz CT molecular complexity index is 425. The number of esters is 1. The highest BCUT2D eigenvalue weighted by atomic mass is 16.5. The van der Waals surface area contributed by atoms with E-state index in [1.165, 1.54) is 19.2 Å². The van der Waals surface area contributed by atoms with Crippen LogP contribution in [0, 0.1) is 0 Å². The molecule has 17 heavy (non-hydrogen) atoms. The molecule has 0 fully saturated rings. The molecule has 0 heterocycles. The number of hydrogen-bond acceptors (Lipinski definition) is 5. The van der Waals surface area contributed by atoms with Crippen molar-refractivity contribution in [1.29, 1.82) is 0 Å². The third kappa shape index (κ3) is 3.21. The molecule has 0 spiro atoms. The van der Waals surface area contributed by atoms with Crippen LogP contribution in [0.3, 0.4) is 0 Å². The number of methoxy groups -OCH3 is 1. The number of carbonyl (C=O) groups excluding carboxylic acids is 2. The van der Waals surface area contributed by atoms with Gasteiger partial charge in [-0.3, -0.25) is 9.59 Å². The van der Waals surface area contributed by atoms with Gasteiger partial charge < -0.3 is 14.6 Å². The first-order valence-electron chi connectivity index (χ1n) is 5.15. The zero-order chi connectivity index (χ0) is 12.8. The lowest BCUT2D eigenvalue weighted by atomic mass is 10.1. The van der Waals surface area contributed by atoms with E-state index < -0.39 is 18.2 Å². The lowest BCUT2D eigenvalue weighted by Gasteiger charge is -2.07. The fourth-order valence-electron chi connectivity index (χ4n) is 1.35. The number of ether oxygens (including phenoxy) is 2. The summed E-state index contributed by atoms with van der Waals surface area (Å²) in [5.41, 5.74) is 0.0532. The van der Waals surface area contributed by atoms with Crippen LogP contribution < -0.4 is 4.74 Å². The number of phenols is 1. The summed E-state index contributed by atoms with van der Waals surface area (Å²) in [7, 11) is 1.38. The second kappa shape index (κ2) is 5.89. The second-order valence-corrected chi connectivity index (χ2v) is 3.26. The van der Waals surface area contributed by atoms with Gasteiger partial charge >= 0.3 is 5.97 Å². The van der Waals surface area contributed by atoms with Gasteiger partial charge in [0.15, 0.2) is 17.3 Å². The molecule has 5 nitrogen and oxygen atoms in total. The highest BCUT2D eigenvalue weighted by Crippen LogP contribution is 2.30. The van der Waals surface area contributed by atoms with Gasteiger partial charge in [0.1, 0.15) is 6.42 Å². The highest BCUT2D eigenvalue weighted by Gasteiger charge is 2.18. The van der Waals surface area contributed by atoms with E-state index in [0.29, 0.717) is 0 Å². The van der Waals surface area contributed by atoms with Crippen molar-refractivity contribution in [2.24, 2.45) is 0 Å². The maximum Gasteiger partial charge on any atom is 0.313 e. The molecule has 5 heteroatoms. The van der Waals surface area contributed by atoms with Crippen LogP contribution in [0.2, 0.25) is 0 Å². The Morgan fingerprint density at radius 2 is 2.06 bits per heavy atom. The molecule has 1 aromatic rings. The van der Waals surface area contributed by atoms with Crippen molar-refractivity contribution in [3.05, 3.63) is 23.8 Å². The zero-order valence-electron chi connectivity index (χ0n) is 9.73. The van der Waals surface area contributed by atoms with E-state index in [0.717, 1.165) is 0 Å². The molecule has 0 atom stereocenters. The summed E-state index contributed by atoms with van der Waals surface area (Å²) < 4.78 is 9.53. The Labute approximate surface area is 99.0 Å². The van der Waals surface area contributed by atoms with Gasteiger partial charge in [-0.25, -0.2) is 0 Å². The number of carbonyl (C=O) groups is 2. The van der Waals surface area contributed by atoms with Crippen molar-refractivity contribution in [2.45, 2.75) is 13.3 Å². The molecule has 0 saturated carbocycles. The number of hydrogen-bond donors (Lipinski definition) is 1. The van der Waals surface area contributed by atoms with Crippen molar-refractivity contribution in [2.75, 3.05) is 13.7 Å². The van der Waals surface area contributed by atoms with Crippen LogP contribution in [0.5, 0.6) is 11.5 Å². The molecule has 1 aromatic carbocycles. The third-order valence-electron chi connectivity index (χ3n) is 2.13. The molecule has 0 aromatic heterocycles. The van der Waals surface area contributed by atoms with Crippen molar-refractivity contribution in [1.82, 2.24) is 0 Å². The number of phenolic OH excluding ortho intramolecular Hbond substituents is 1. The van der Waals surface area contributed by atoms with E-state index in [1.54, 1.807) is 13.0 Å². The topological polar surface area (TPSA) is 72.8 Å². The predicted octanol–water partition coefficient (Wildman–Crippen LogP) is 1.54. The van der Waals surface area contributed by atoms with Gasteiger partial charge in [0.2, 0.25) is 0 Å². The van der Waals surface area contributed by atoms with Gasteiger partial charge in [0.25, 0.3) is 0 Å². The fourth-order valence-corrected chi connectivity index (χ4v) is 1.35. The van der Waals surface area contributed by atoms with E-state index in [2.05, 4.69) is 4.74 Å². The van der Waals surface area contributed by atoms with E-state index in [4.69, 9.17) is 4.74 Å². The largest absolute Gasteiger partial charge is 0.504 e. The van der Waals surface area contributed by atoms with Crippen molar-refractivity contribution in [3.8, 4) is 11.5 Å². The Balaban J connectivity index is 2.86. The average Bonchev–Trinajstić information content (AvgIpc) is 2.29. The molecule has 0 bridgehead atoms. The van der Waals surface area contributed by atoms with Crippen molar-refractivity contribution in [3.63, 3.8) is 0 Å². The van der Waals surface area contributed by atoms with Gasteiger partial charge in [-0.2, -0.15) is 0 Å². The summed E-state index contributed by atoms with van der Waals surface area (Å²) in [6, 6.07) is 4.52. The quantitative estimate of drug-likeness (QED) is 0.478. The first-order valence-corrected chi connectivity index (χ1v) is 5.15. The van der Waals surface area contributed by atoms with Crippen LogP contribution in [-0.4, -0.2) is 30.6 Å². The number of ketones is 1. The van der Waals surface area contributed by atoms with Crippen LogP contribution in [0.25, 0.3) is 0 Å². The normalized spacial score (nSPS) is 9.76. The maximum atomic E-state index is 11.7. The number of para-hydroxylation sites is 1. The number of rotatable bonds is 5. The standard InChI is InChI=1S/C12H14O5/c1-3-17-11(14)7-9(13)8-5-4-6-10(16-2)12(8)15/h4-6,15H,3,7H2,1-2H3. The van der Waals surface area contributed by atoms with Crippen molar-refractivity contribution < 1.29 is 24.2 Å². The minimum atomic E-state index is -0.611. The van der Waals surface area contributed by atoms with Crippen molar-refractivity contribution >= 4 is 11.8 Å². The van der Waals surface area contributed by atoms with Crippen LogP contribution in [-0.2, 0) is 9.53 Å². The molecule has 0 saturated heterocycles. The molecule has 1 rings (SSSR count). The Morgan fingerprint density at radius 3 is 2.65 bits per heavy atom. The molecule has 0 radical (unpaired) electrons. The average molecular weight is 238 g/mol. The first kappa shape index (κ1) is 13.0. The van der Waals surface area contributed by atoms with Crippen LogP contribution in [0.4, 0.5) is 0 Å². The van der Waals surface area contributed by atoms with Crippen LogP contribution >= 0.6 is 0 Å². The van der Waals surface area contributed by atoms with Crippen LogP contribution in [0.15, 0.2) is 18.2 Å². The number of benzene rings is 1. The minimum absolute atomic E-state index is 0.0532. The molecule has 0 aliphatic rings. The number of aromatic hydroxyl groups is 1. The molecule has 0 aliphatic heterocycles. The third-order valence-corrected chi connectivity index (χ3v) is 2.13. The smallest absolute Gasteiger partial charge is 0.313 e. The van der Waals surface area contributed by atoms with Gasteiger partial charge in [-0.1, -0.05) is 6.07 Å². The lowest BCUT2D eigenvalue weighted by Crippen LogP contribution is -2.11. The van der Waals surface area contributed by atoms with Gasteiger partial charge in [0.05, 0.1) is 19.3 Å². The van der Waals surface area contributed by atoms with E-state index in [9.17, 15) is 14.7 Å². The molecule has 0 amide bonds. The lowest BCUT2D eigenvalue weighted by molar-refractivity contribution is -0.141. The predicted molar refractivity (Wildman–Crippen MR) is 60.2 cm³/mol. The van der Waals surface area contributed by atoms with Gasteiger partial charge in [-0.15, -0.1) is 0 Å². The zero-order valence-corrected chi connectivity index (χ0v) is 9.73. The first-order chi connectivity index (χ1) is 8.10. The number of Topliss-reactive ketones (excluding diaryl/α,β-unsaturated/α-hetero) is 1. The molecular formula is C12H14O5. The fraction of sp³-hybridized carbons (Fsp3) is 0.333. The van der Waals surface area contributed by atoms with Gasteiger partial charge in [-0.05, 0) is 19.1 Å². The van der Waals surface area contributed by atoms with E-state index >= 15 is 0 Å². The maximum absolute atomic E-state index is 11.7. The Morgan fingerprint density at radius 1 is 1.35 bits per heavy atom. The summed E-state index contributed by atoms with van der Waals surface area (Å²) in [5.74, 6) is -1.18. The molecule has 0 unspecified atom stereocenters. The summed E-state index contributed by atoms with van der Waals surface area (Å²) in [6.07, 6.45) is -0.394. The summed E-state index contributed by atoms with van der Waals surface area (Å²) in [6.45, 7) is 1.88. The minimum Gasteiger partial charge on any atom is -0.504 e.